The van der Waals surface area contributed by atoms with Crippen LogP contribution in [-0.4, -0.2) is 163 Å². The maximum absolute atomic E-state index is 12.0. The average Bonchev–Trinajstić information content (AvgIpc) is 3.12. The Morgan fingerprint density at radius 1 is 0.569 bits per heavy atom. The Morgan fingerprint density at radius 2 is 1.02 bits per heavy atom. The summed E-state index contributed by atoms with van der Waals surface area (Å²) in [5.74, 6) is -0.610. The van der Waals surface area contributed by atoms with Gasteiger partial charge in [-0.1, -0.05) is 0 Å². The Kier molecular flexibility index (Phi) is 28.8. The number of ether oxygens (including phenoxy) is 6. The number of nitrogens with one attached hydrogen (secondary N) is 1. The topological polar surface area (TPSA) is 162 Å². The van der Waals surface area contributed by atoms with Crippen LogP contribution >= 0.6 is 0 Å². The molecule has 0 atom stereocenters. The zero-order valence-corrected chi connectivity index (χ0v) is 31.6. The van der Waals surface area contributed by atoms with Crippen molar-refractivity contribution in [1.29, 1.82) is 0 Å². The zero-order chi connectivity index (χ0) is 37.4. The normalized spacial score (nSPS) is 15.4. The molecular weight excluding hydrogens is 664 g/mol. The molecule has 0 amide bonds. The molecule has 0 aromatic carbocycles. The molecule has 0 aromatic rings. The van der Waals surface area contributed by atoms with Crippen molar-refractivity contribution < 1.29 is 52.4 Å². The van der Waals surface area contributed by atoms with E-state index < -0.39 is 0 Å². The van der Waals surface area contributed by atoms with Crippen LogP contribution in [0.4, 0.5) is 0 Å². The first-order valence-corrected chi connectivity index (χ1v) is 18.8. The predicted molar refractivity (Wildman–Crippen MR) is 191 cm³/mol. The van der Waals surface area contributed by atoms with Gasteiger partial charge in [0.25, 0.3) is 6.47 Å². The highest BCUT2D eigenvalue weighted by atomic mass is 16.6. The zero-order valence-electron chi connectivity index (χ0n) is 31.6. The van der Waals surface area contributed by atoms with Gasteiger partial charge in [0.05, 0.1) is 51.8 Å². The molecule has 0 aromatic heterocycles. The number of carbonyl (C=O) groups is 5. The molecule has 0 aliphatic carbocycles. The first-order chi connectivity index (χ1) is 24.7. The lowest BCUT2D eigenvalue weighted by Crippen LogP contribution is -2.47. The third-order valence-electron chi connectivity index (χ3n) is 8.26. The van der Waals surface area contributed by atoms with Crippen LogP contribution in [0.5, 0.6) is 0 Å². The molecular formula is C36H66N4O11. The monoisotopic (exact) mass is 730 g/mol. The Bertz CT molecular complexity index is 927. The maximum atomic E-state index is 12.0. The number of rotatable bonds is 27. The summed E-state index contributed by atoms with van der Waals surface area (Å²) in [6.07, 6.45) is 7.62. The molecule has 0 saturated carbocycles. The van der Waals surface area contributed by atoms with Crippen LogP contribution in [0.2, 0.25) is 0 Å². The minimum absolute atomic E-state index is 0.0665. The molecule has 296 valence electrons. The van der Waals surface area contributed by atoms with E-state index in [1.807, 2.05) is 13.8 Å². The smallest absolute Gasteiger partial charge is 0.307 e. The fraction of sp³-hybridized carbons (Fsp3) is 0.861. The van der Waals surface area contributed by atoms with E-state index in [2.05, 4.69) is 24.8 Å². The van der Waals surface area contributed by atoms with Gasteiger partial charge in [-0.25, -0.2) is 0 Å². The lowest BCUT2D eigenvalue weighted by molar-refractivity contribution is -0.148. The van der Waals surface area contributed by atoms with Crippen molar-refractivity contribution in [3.8, 4) is 0 Å². The van der Waals surface area contributed by atoms with E-state index in [0.717, 1.165) is 110 Å². The Hall–Kier alpha value is -2.85. The SMILES string of the molecule is CC(C)OC(=O)CCN1CCN(CCC(=O)OCCCCCCOC(=O)CCN2CCNCC2)CC1.COCCOC(=O)CCCCCOC=O. The van der Waals surface area contributed by atoms with Gasteiger partial charge in [0, 0.05) is 85.5 Å². The van der Waals surface area contributed by atoms with E-state index >= 15 is 0 Å². The molecule has 2 aliphatic heterocycles. The van der Waals surface area contributed by atoms with Crippen molar-refractivity contribution in [2.45, 2.75) is 90.6 Å². The number of methoxy groups -OCH3 is 1. The molecule has 1 N–H and O–H groups in total. The second-order valence-electron chi connectivity index (χ2n) is 12.9. The van der Waals surface area contributed by atoms with Crippen molar-refractivity contribution >= 4 is 30.3 Å². The summed E-state index contributed by atoms with van der Waals surface area (Å²) < 4.78 is 30.0. The van der Waals surface area contributed by atoms with Gasteiger partial charge < -0.3 is 48.4 Å². The lowest BCUT2D eigenvalue weighted by atomic mass is 10.2. The largest absolute Gasteiger partial charge is 0.468 e. The van der Waals surface area contributed by atoms with Gasteiger partial charge >= 0.3 is 23.9 Å². The molecule has 2 fully saturated rings. The van der Waals surface area contributed by atoms with E-state index in [1.54, 1.807) is 7.11 Å². The van der Waals surface area contributed by atoms with Crippen LogP contribution < -0.4 is 5.32 Å². The van der Waals surface area contributed by atoms with Crippen LogP contribution in [0, 0.1) is 0 Å². The fourth-order valence-electron chi connectivity index (χ4n) is 5.31. The molecule has 15 heteroatoms. The summed E-state index contributed by atoms with van der Waals surface area (Å²) >= 11 is 0. The van der Waals surface area contributed by atoms with Crippen LogP contribution in [0.1, 0.15) is 84.5 Å². The second-order valence-corrected chi connectivity index (χ2v) is 12.9. The maximum Gasteiger partial charge on any atom is 0.307 e. The Labute approximate surface area is 305 Å². The van der Waals surface area contributed by atoms with Crippen molar-refractivity contribution in [1.82, 2.24) is 20.0 Å². The third kappa shape index (κ3) is 28.4. The van der Waals surface area contributed by atoms with Crippen LogP contribution in [0.3, 0.4) is 0 Å². The minimum Gasteiger partial charge on any atom is -0.468 e. The van der Waals surface area contributed by atoms with Crippen LogP contribution in [-0.2, 0) is 52.4 Å². The molecule has 0 unspecified atom stereocenters. The van der Waals surface area contributed by atoms with Crippen LogP contribution in [0.15, 0.2) is 0 Å². The molecule has 0 spiro atoms. The summed E-state index contributed by atoms with van der Waals surface area (Å²) in [5.41, 5.74) is 0. The lowest BCUT2D eigenvalue weighted by Gasteiger charge is -2.34. The van der Waals surface area contributed by atoms with Gasteiger partial charge in [-0.15, -0.1) is 0 Å². The molecule has 0 radical (unpaired) electrons. The summed E-state index contributed by atoms with van der Waals surface area (Å²) in [7, 11) is 1.56. The minimum atomic E-state index is -0.205. The van der Waals surface area contributed by atoms with E-state index in [0.29, 0.717) is 71.7 Å². The second kappa shape index (κ2) is 31.9. The van der Waals surface area contributed by atoms with Crippen molar-refractivity contribution in [3.63, 3.8) is 0 Å². The highest BCUT2D eigenvalue weighted by molar-refractivity contribution is 5.70. The summed E-state index contributed by atoms with van der Waals surface area (Å²) in [4.78, 5) is 63.2. The standard InChI is InChI=1S/C26H48N4O6.C10H18O5/c1-23(2)36-26(33)9-14-30-19-17-29(18-20-30)13-8-25(32)35-22-6-4-3-5-21-34-24(31)7-12-28-15-10-27-11-16-28;1-13-7-8-15-10(12)5-3-2-4-6-14-9-11/h23,27H,3-22H2,1-2H3;9H,2-8H2,1H3. The first kappa shape index (κ1) is 46.2. The van der Waals surface area contributed by atoms with Crippen molar-refractivity contribution in [3.05, 3.63) is 0 Å². The van der Waals surface area contributed by atoms with E-state index in [-0.39, 0.29) is 30.0 Å². The highest BCUT2D eigenvalue weighted by Crippen LogP contribution is 2.07. The molecule has 2 aliphatic rings. The van der Waals surface area contributed by atoms with E-state index in [1.165, 1.54) is 0 Å². The van der Waals surface area contributed by atoms with Crippen molar-refractivity contribution in [2.24, 2.45) is 0 Å². The van der Waals surface area contributed by atoms with Gasteiger partial charge in [0.15, 0.2) is 0 Å². The van der Waals surface area contributed by atoms with Crippen LogP contribution in [0.25, 0.3) is 0 Å². The molecule has 2 saturated heterocycles. The molecule has 0 bridgehead atoms. The highest BCUT2D eigenvalue weighted by Gasteiger charge is 2.19. The number of nitrogens with zero attached hydrogens (tertiary/aromatic N) is 3. The number of unbranched alkanes of at least 4 members (excludes halogenated alkanes) is 5. The Balaban J connectivity index is 0.000000728. The third-order valence-corrected chi connectivity index (χ3v) is 8.26. The predicted octanol–water partition coefficient (Wildman–Crippen LogP) is 2.19. The summed E-state index contributed by atoms with van der Waals surface area (Å²) in [6.45, 7) is 16.0. The number of hydrogen-bond acceptors (Lipinski definition) is 15. The van der Waals surface area contributed by atoms with Gasteiger partial charge in [-0.3, -0.25) is 24.0 Å². The summed E-state index contributed by atoms with van der Waals surface area (Å²) in [5, 5.41) is 3.30. The van der Waals surface area contributed by atoms with Gasteiger partial charge in [0.1, 0.15) is 6.61 Å². The molecule has 2 rings (SSSR count). The number of esters is 4. The van der Waals surface area contributed by atoms with Crippen molar-refractivity contribution in [2.75, 3.05) is 112 Å². The number of carbonyl (C=O) groups excluding carboxylic acids is 5. The average molecular weight is 731 g/mol. The quantitative estimate of drug-likeness (QED) is 0.0566. The van der Waals surface area contributed by atoms with Gasteiger partial charge in [0.2, 0.25) is 0 Å². The molecule has 51 heavy (non-hydrogen) atoms. The fourth-order valence-corrected chi connectivity index (χ4v) is 5.31. The summed E-state index contributed by atoms with van der Waals surface area (Å²) in [6, 6.07) is 0. The van der Waals surface area contributed by atoms with E-state index in [9.17, 15) is 24.0 Å². The van der Waals surface area contributed by atoms with Gasteiger partial charge in [-0.05, 0) is 58.8 Å². The number of hydrogen-bond donors (Lipinski definition) is 1. The first-order valence-electron chi connectivity index (χ1n) is 18.8. The molecule has 15 nitrogen and oxygen atoms in total. The number of piperazine rings is 2. The Morgan fingerprint density at radius 3 is 1.53 bits per heavy atom. The molecule has 2 heterocycles. The van der Waals surface area contributed by atoms with E-state index in [4.69, 9.17) is 23.7 Å². The van der Waals surface area contributed by atoms with Gasteiger partial charge in [-0.2, -0.15) is 0 Å².